The van der Waals surface area contributed by atoms with Crippen LogP contribution in [-0.2, 0) is 0 Å². The van der Waals surface area contributed by atoms with Gasteiger partial charge in [-0.25, -0.2) is 13.9 Å². The SMILES string of the molecule is C[C@@H](NC(=O)c1cnn2ccc(-c3c[nH]c4ncc(F)cc34)cc12)C(F)(F)F. The van der Waals surface area contributed by atoms with Gasteiger partial charge in [0.25, 0.3) is 5.91 Å². The number of aromatic amines is 1. The van der Waals surface area contributed by atoms with Crippen molar-refractivity contribution in [2.45, 2.75) is 19.1 Å². The van der Waals surface area contributed by atoms with Gasteiger partial charge in [0.05, 0.1) is 23.5 Å². The molecule has 0 saturated carbocycles. The van der Waals surface area contributed by atoms with Crippen molar-refractivity contribution in [2.75, 3.05) is 0 Å². The summed E-state index contributed by atoms with van der Waals surface area (Å²) in [5.41, 5.74) is 2.08. The minimum Gasteiger partial charge on any atom is -0.346 e. The summed E-state index contributed by atoms with van der Waals surface area (Å²) in [6, 6.07) is 2.63. The maximum Gasteiger partial charge on any atom is 0.408 e. The molecule has 2 N–H and O–H groups in total. The number of H-pyrrole nitrogens is 1. The lowest BCUT2D eigenvalue weighted by Gasteiger charge is -2.16. The molecule has 0 spiro atoms. The number of carbonyl (C=O) groups excluding carboxylic acids is 1. The van der Waals surface area contributed by atoms with Crippen molar-refractivity contribution in [1.82, 2.24) is 24.9 Å². The number of nitrogens with one attached hydrogen (secondary N) is 2. The normalized spacial score (nSPS) is 13.2. The van der Waals surface area contributed by atoms with E-state index in [1.54, 1.807) is 24.5 Å². The second-order valence-electron chi connectivity index (χ2n) is 6.29. The predicted octanol–water partition coefficient (Wildman–Crippen LogP) is 3.70. The van der Waals surface area contributed by atoms with E-state index in [0.717, 1.165) is 13.1 Å². The van der Waals surface area contributed by atoms with Crippen LogP contribution in [0.5, 0.6) is 0 Å². The predicted molar refractivity (Wildman–Crippen MR) is 93.2 cm³/mol. The molecule has 0 aromatic carbocycles. The van der Waals surface area contributed by atoms with E-state index in [1.807, 2.05) is 5.32 Å². The van der Waals surface area contributed by atoms with E-state index in [2.05, 4.69) is 15.1 Å². The lowest BCUT2D eigenvalue weighted by atomic mass is 10.1. The molecule has 0 fully saturated rings. The summed E-state index contributed by atoms with van der Waals surface area (Å²) < 4.78 is 53.1. The van der Waals surface area contributed by atoms with Gasteiger partial charge in [-0.3, -0.25) is 4.79 Å². The van der Waals surface area contributed by atoms with Gasteiger partial charge in [0.2, 0.25) is 0 Å². The second kappa shape index (κ2) is 6.32. The molecule has 28 heavy (non-hydrogen) atoms. The van der Waals surface area contributed by atoms with Crippen molar-refractivity contribution >= 4 is 22.5 Å². The molecule has 6 nitrogen and oxygen atoms in total. The standard InChI is InChI=1S/C18H13F4N5O/c1-9(18(20,21)22)26-17(28)14-8-25-27-3-2-10(4-15(14)27)13-7-24-16-12(13)5-11(19)6-23-16/h2-9H,1H3,(H,23,24)(H,26,28)/t9-/m1/s1. The molecule has 144 valence electrons. The third-order valence-corrected chi connectivity index (χ3v) is 4.41. The Morgan fingerprint density at radius 2 is 2.07 bits per heavy atom. The summed E-state index contributed by atoms with van der Waals surface area (Å²) >= 11 is 0. The topological polar surface area (TPSA) is 75.1 Å². The first-order chi connectivity index (χ1) is 13.2. The zero-order valence-corrected chi connectivity index (χ0v) is 14.4. The van der Waals surface area contributed by atoms with Gasteiger partial charge < -0.3 is 10.3 Å². The van der Waals surface area contributed by atoms with Crippen LogP contribution >= 0.6 is 0 Å². The molecule has 1 atom stereocenters. The summed E-state index contributed by atoms with van der Waals surface area (Å²) in [5, 5.41) is 6.47. The first kappa shape index (κ1) is 18.0. The Balaban J connectivity index is 1.76. The number of aromatic nitrogens is 4. The van der Waals surface area contributed by atoms with E-state index in [9.17, 15) is 22.4 Å². The van der Waals surface area contributed by atoms with Crippen molar-refractivity contribution in [3.05, 3.63) is 54.4 Å². The summed E-state index contributed by atoms with van der Waals surface area (Å²) in [5.74, 6) is -1.39. The molecule has 0 aliphatic rings. The smallest absolute Gasteiger partial charge is 0.346 e. The van der Waals surface area contributed by atoms with Gasteiger partial charge in [0, 0.05) is 23.3 Å². The van der Waals surface area contributed by atoms with Crippen LogP contribution < -0.4 is 5.32 Å². The van der Waals surface area contributed by atoms with E-state index in [-0.39, 0.29) is 5.56 Å². The molecule has 0 radical (unpaired) electrons. The van der Waals surface area contributed by atoms with Gasteiger partial charge in [-0.15, -0.1) is 0 Å². The molecule has 4 aromatic heterocycles. The number of nitrogens with zero attached hydrogens (tertiary/aromatic N) is 3. The van der Waals surface area contributed by atoms with Crippen molar-refractivity contribution in [3.63, 3.8) is 0 Å². The number of fused-ring (bicyclic) bond motifs is 2. The highest BCUT2D eigenvalue weighted by atomic mass is 19.4. The maximum absolute atomic E-state index is 13.6. The third kappa shape index (κ3) is 3.06. The average molecular weight is 391 g/mol. The fourth-order valence-corrected chi connectivity index (χ4v) is 2.90. The van der Waals surface area contributed by atoms with Crippen LogP contribution in [0, 0.1) is 5.82 Å². The molecule has 0 aliphatic carbocycles. The Morgan fingerprint density at radius 3 is 2.82 bits per heavy atom. The summed E-state index contributed by atoms with van der Waals surface area (Å²) in [4.78, 5) is 19.2. The molecule has 10 heteroatoms. The Hall–Kier alpha value is -3.43. The van der Waals surface area contributed by atoms with Crippen LogP contribution in [0.1, 0.15) is 17.3 Å². The highest BCUT2D eigenvalue weighted by molar-refractivity contribution is 6.02. The van der Waals surface area contributed by atoms with Gasteiger partial charge in [-0.2, -0.15) is 18.3 Å². The minimum absolute atomic E-state index is 0.00194. The Bertz CT molecular complexity index is 1190. The Morgan fingerprint density at radius 1 is 1.29 bits per heavy atom. The molecule has 1 amide bonds. The highest BCUT2D eigenvalue weighted by Gasteiger charge is 2.37. The van der Waals surface area contributed by atoms with E-state index in [0.29, 0.717) is 27.7 Å². The van der Waals surface area contributed by atoms with Crippen molar-refractivity contribution < 1.29 is 22.4 Å². The Labute approximate surface area is 155 Å². The number of pyridine rings is 2. The van der Waals surface area contributed by atoms with Crippen LogP contribution in [0.3, 0.4) is 0 Å². The Kier molecular flexibility index (Phi) is 4.06. The van der Waals surface area contributed by atoms with E-state index >= 15 is 0 Å². The van der Waals surface area contributed by atoms with E-state index in [4.69, 9.17) is 0 Å². The lowest BCUT2D eigenvalue weighted by molar-refractivity contribution is -0.149. The van der Waals surface area contributed by atoms with Gasteiger partial charge in [-0.1, -0.05) is 0 Å². The van der Waals surface area contributed by atoms with Crippen LogP contribution in [0.4, 0.5) is 17.6 Å². The zero-order valence-electron chi connectivity index (χ0n) is 14.4. The fraction of sp³-hybridized carbons (Fsp3) is 0.167. The number of hydrogen-bond donors (Lipinski definition) is 2. The van der Waals surface area contributed by atoms with Gasteiger partial charge in [0.15, 0.2) is 0 Å². The zero-order chi connectivity index (χ0) is 20.1. The molecule has 0 saturated heterocycles. The number of hydrogen-bond acceptors (Lipinski definition) is 3. The largest absolute Gasteiger partial charge is 0.408 e. The number of alkyl halides is 3. The average Bonchev–Trinajstić information content (AvgIpc) is 3.23. The first-order valence-corrected chi connectivity index (χ1v) is 8.22. The van der Waals surface area contributed by atoms with Crippen molar-refractivity contribution in [3.8, 4) is 11.1 Å². The van der Waals surface area contributed by atoms with Crippen LogP contribution in [0.2, 0.25) is 0 Å². The van der Waals surface area contributed by atoms with E-state index < -0.39 is 23.9 Å². The highest BCUT2D eigenvalue weighted by Crippen LogP contribution is 2.29. The number of halogens is 4. The summed E-state index contributed by atoms with van der Waals surface area (Å²) in [6.07, 6.45) is 0.955. The molecule has 0 unspecified atom stereocenters. The first-order valence-electron chi connectivity index (χ1n) is 8.22. The van der Waals surface area contributed by atoms with Crippen molar-refractivity contribution in [1.29, 1.82) is 0 Å². The van der Waals surface area contributed by atoms with Gasteiger partial charge in [-0.05, 0) is 30.7 Å². The van der Waals surface area contributed by atoms with Crippen LogP contribution in [0.15, 0.2) is 43.0 Å². The minimum atomic E-state index is -4.55. The molecule has 0 bridgehead atoms. The molecular weight excluding hydrogens is 378 g/mol. The van der Waals surface area contributed by atoms with Crippen molar-refractivity contribution in [2.24, 2.45) is 0 Å². The fourth-order valence-electron chi connectivity index (χ4n) is 2.90. The maximum atomic E-state index is 13.6. The van der Waals surface area contributed by atoms with Gasteiger partial charge in [0.1, 0.15) is 17.5 Å². The number of rotatable bonds is 3. The molecule has 4 aromatic rings. The third-order valence-electron chi connectivity index (χ3n) is 4.41. The molecule has 4 rings (SSSR count). The van der Waals surface area contributed by atoms with Crippen LogP contribution in [-0.4, -0.2) is 37.7 Å². The quantitative estimate of drug-likeness (QED) is 0.523. The van der Waals surface area contributed by atoms with Gasteiger partial charge >= 0.3 is 6.18 Å². The monoisotopic (exact) mass is 391 g/mol. The van der Waals surface area contributed by atoms with E-state index in [1.165, 1.54) is 16.8 Å². The second-order valence-corrected chi connectivity index (χ2v) is 6.29. The summed E-state index contributed by atoms with van der Waals surface area (Å²) in [6.45, 7) is 0.864. The number of carbonyl (C=O) groups is 1. The molecule has 4 heterocycles. The van der Waals surface area contributed by atoms with Crippen LogP contribution in [0.25, 0.3) is 27.7 Å². The summed E-state index contributed by atoms with van der Waals surface area (Å²) in [7, 11) is 0. The number of amides is 1. The lowest BCUT2D eigenvalue weighted by Crippen LogP contribution is -2.43. The molecular formula is C18H13F4N5O. The molecule has 0 aliphatic heterocycles.